The molecule has 8 heteroatoms. The van der Waals surface area contributed by atoms with Crippen molar-refractivity contribution in [1.29, 1.82) is 0 Å². The number of hydrogen-bond donors (Lipinski definition) is 0. The molecule has 0 aliphatic carbocycles. The summed E-state index contributed by atoms with van der Waals surface area (Å²) in [7, 11) is -7.15. The summed E-state index contributed by atoms with van der Waals surface area (Å²) in [5.41, 5.74) is 1.20. The maximum atomic E-state index is 12.8. The van der Waals surface area contributed by atoms with Gasteiger partial charge in [0.05, 0.1) is 9.79 Å². The predicted molar refractivity (Wildman–Crippen MR) is 100 cm³/mol. The van der Waals surface area contributed by atoms with Crippen molar-refractivity contribution in [2.75, 3.05) is 32.4 Å². The average molecular weight is 395 g/mol. The molecule has 26 heavy (non-hydrogen) atoms. The Morgan fingerprint density at radius 2 is 1.42 bits per heavy atom. The lowest BCUT2D eigenvalue weighted by Gasteiger charge is -2.34. The van der Waals surface area contributed by atoms with Gasteiger partial charge >= 0.3 is 0 Å². The van der Waals surface area contributed by atoms with Crippen LogP contribution >= 0.6 is 0 Å². The highest BCUT2D eigenvalue weighted by atomic mass is 32.2. The lowest BCUT2D eigenvalue weighted by atomic mass is 10.2. The Balaban J connectivity index is 1.70. The number of piperazine rings is 1. The third-order valence-corrected chi connectivity index (χ3v) is 7.46. The van der Waals surface area contributed by atoms with Crippen LogP contribution in [0.1, 0.15) is 5.56 Å². The van der Waals surface area contributed by atoms with E-state index in [9.17, 15) is 16.8 Å². The van der Waals surface area contributed by atoms with E-state index in [1.54, 1.807) is 0 Å². The maximum Gasteiger partial charge on any atom is 0.243 e. The van der Waals surface area contributed by atoms with Crippen molar-refractivity contribution in [1.82, 2.24) is 9.21 Å². The fourth-order valence-electron chi connectivity index (χ4n) is 2.98. The molecule has 0 aromatic heterocycles. The molecule has 0 atom stereocenters. The van der Waals surface area contributed by atoms with Crippen LogP contribution in [0, 0.1) is 0 Å². The second kappa shape index (κ2) is 7.48. The Bertz CT molecular complexity index is 965. The lowest BCUT2D eigenvalue weighted by molar-refractivity contribution is 0.181. The molecule has 0 radical (unpaired) electrons. The summed E-state index contributed by atoms with van der Waals surface area (Å²) in [5.74, 6) is 0. The summed E-state index contributed by atoms with van der Waals surface area (Å²) in [5, 5.41) is 0. The molecule has 1 aliphatic rings. The van der Waals surface area contributed by atoms with Gasteiger partial charge in [-0.05, 0) is 23.8 Å². The van der Waals surface area contributed by atoms with Crippen molar-refractivity contribution in [3.8, 4) is 0 Å². The lowest BCUT2D eigenvalue weighted by Crippen LogP contribution is -2.48. The quantitative estimate of drug-likeness (QED) is 0.770. The molecule has 1 saturated heterocycles. The molecule has 1 aliphatic heterocycles. The van der Waals surface area contributed by atoms with Crippen molar-refractivity contribution in [2.45, 2.75) is 16.3 Å². The summed E-state index contributed by atoms with van der Waals surface area (Å²) in [6.45, 7) is 2.84. The molecule has 0 unspecified atom stereocenters. The zero-order valence-electron chi connectivity index (χ0n) is 14.6. The Kier molecular flexibility index (Phi) is 5.47. The van der Waals surface area contributed by atoms with Crippen LogP contribution in [0.4, 0.5) is 0 Å². The summed E-state index contributed by atoms with van der Waals surface area (Å²) in [6.07, 6.45) is 1.07. The van der Waals surface area contributed by atoms with Crippen molar-refractivity contribution < 1.29 is 16.8 Å². The molecule has 6 nitrogen and oxygen atoms in total. The van der Waals surface area contributed by atoms with Crippen molar-refractivity contribution in [3.63, 3.8) is 0 Å². The zero-order chi connectivity index (χ0) is 18.8. The van der Waals surface area contributed by atoms with E-state index < -0.39 is 19.9 Å². The van der Waals surface area contributed by atoms with Gasteiger partial charge in [-0.15, -0.1) is 0 Å². The Hall–Kier alpha value is -1.74. The van der Waals surface area contributed by atoms with Gasteiger partial charge in [-0.25, -0.2) is 16.8 Å². The van der Waals surface area contributed by atoms with E-state index in [0.717, 1.165) is 12.8 Å². The third kappa shape index (κ3) is 4.32. The molecule has 0 bridgehead atoms. The molecule has 2 aromatic carbocycles. The van der Waals surface area contributed by atoms with Gasteiger partial charge in [0.15, 0.2) is 9.84 Å². The highest BCUT2D eigenvalue weighted by molar-refractivity contribution is 7.91. The standard InChI is InChI=1S/C18H22N2O4S2/c1-25(21,22)17-8-5-9-18(14-17)26(23,24)20-12-10-19(11-13-20)15-16-6-3-2-4-7-16/h2-9,14H,10-13,15H2,1H3. The maximum absolute atomic E-state index is 12.8. The number of hydrogen-bond acceptors (Lipinski definition) is 5. The van der Waals surface area contributed by atoms with Gasteiger partial charge in [0.1, 0.15) is 0 Å². The number of nitrogens with zero attached hydrogens (tertiary/aromatic N) is 2. The van der Waals surface area contributed by atoms with E-state index in [1.807, 2.05) is 18.2 Å². The number of benzene rings is 2. The normalized spacial score (nSPS) is 17.3. The van der Waals surface area contributed by atoms with Crippen LogP contribution in [0.2, 0.25) is 0 Å². The monoisotopic (exact) mass is 394 g/mol. The van der Waals surface area contributed by atoms with Crippen molar-refractivity contribution in [3.05, 3.63) is 60.2 Å². The topological polar surface area (TPSA) is 74.8 Å². The Morgan fingerprint density at radius 1 is 0.808 bits per heavy atom. The minimum Gasteiger partial charge on any atom is -0.296 e. The predicted octanol–water partition coefficient (Wildman–Crippen LogP) is 1.60. The minimum absolute atomic E-state index is 0.0151. The molecule has 0 saturated carbocycles. The molecule has 1 heterocycles. The third-order valence-electron chi connectivity index (χ3n) is 4.45. The summed E-state index contributed by atoms with van der Waals surface area (Å²) in [6, 6.07) is 15.6. The van der Waals surface area contributed by atoms with Crippen molar-refractivity contribution in [2.24, 2.45) is 0 Å². The fraction of sp³-hybridized carbons (Fsp3) is 0.333. The van der Waals surface area contributed by atoms with E-state index >= 15 is 0 Å². The van der Waals surface area contributed by atoms with E-state index in [1.165, 1.54) is 34.1 Å². The molecule has 2 aromatic rings. The van der Waals surface area contributed by atoms with Gasteiger partial charge in [-0.2, -0.15) is 4.31 Å². The minimum atomic E-state index is -3.70. The summed E-state index contributed by atoms with van der Waals surface area (Å²) in [4.78, 5) is 2.26. The van der Waals surface area contributed by atoms with Crippen LogP contribution in [-0.4, -0.2) is 58.5 Å². The molecule has 3 rings (SSSR count). The van der Waals surface area contributed by atoms with Gasteiger partial charge < -0.3 is 0 Å². The molecule has 0 amide bonds. The van der Waals surface area contributed by atoms with Gasteiger partial charge in [-0.3, -0.25) is 4.90 Å². The first kappa shape index (κ1) is 19.0. The Labute approximate surface area is 155 Å². The smallest absolute Gasteiger partial charge is 0.243 e. The van der Waals surface area contributed by atoms with E-state index in [-0.39, 0.29) is 9.79 Å². The fourth-order valence-corrected chi connectivity index (χ4v) is 5.19. The second-order valence-corrected chi connectivity index (χ2v) is 10.4. The first-order valence-corrected chi connectivity index (χ1v) is 11.7. The number of rotatable bonds is 5. The molecular formula is C18H22N2O4S2. The largest absolute Gasteiger partial charge is 0.296 e. The molecule has 140 valence electrons. The highest BCUT2D eigenvalue weighted by Crippen LogP contribution is 2.21. The first-order chi connectivity index (χ1) is 12.3. The van der Waals surface area contributed by atoms with Crippen molar-refractivity contribution >= 4 is 19.9 Å². The molecule has 0 spiro atoms. The average Bonchev–Trinajstić information content (AvgIpc) is 2.62. The van der Waals surface area contributed by atoms with Gasteiger partial charge in [0.2, 0.25) is 10.0 Å². The van der Waals surface area contributed by atoms with E-state index in [2.05, 4.69) is 17.0 Å². The summed E-state index contributed by atoms with van der Waals surface area (Å²) < 4.78 is 50.5. The number of sulfonamides is 1. The Morgan fingerprint density at radius 3 is 2.04 bits per heavy atom. The molecular weight excluding hydrogens is 372 g/mol. The van der Waals surface area contributed by atoms with Crippen LogP contribution in [0.15, 0.2) is 64.4 Å². The van der Waals surface area contributed by atoms with Gasteiger partial charge in [-0.1, -0.05) is 36.4 Å². The SMILES string of the molecule is CS(=O)(=O)c1cccc(S(=O)(=O)N2CCN(Cc3ccccc3)CC2)c1. The van der Waals surface area contributed by atoms with Crippen LogP contribution in [0.3, 0.4) is 0 Å². The zero-order valence-corrected chi connectivity index (χ0v) is 16.2. The highest BCUT2D eigenvalue weighted by Gasteiger charge is 2.29. The van der Waals surface area contributed by atoms with Crippen LogP contribution in [0.5, 0.6) is 0 Å². The van der Waals surface area contributed by atoms with Gasteiger partial charge in [0.25, 0.3) is 0 Å². The second-order valence-electron chi connectivity index (χ2n) is 6.41. The van der Waals surface area contributed by atoms with E-state index in [0.29, 0.717) is 26.2 Å². The molecule has 0 N–H and O–H groups in total. The number of sulfone groups is 1. The van der Waals surface area contributed by atoms with E-state index in [4.69, 9.17) is 0 Å². The van der Waals surface area contributed by atoms with Crippen LogP contribution in [-0.2, 0) is 26.4 Å². The first-order valence-electron chi connectivity index (χ1n) is 8.33. The van der Waals surface area contributed by atoms with Crippen LogP contribution < -0.4 is 0 Å². The van der Waals surface area contributed by atoms with Gasteiger partial charge in [0, 0.05) is 39.0 Å². The van der Waals surface area contributed by atoms with Crippen LogP contribution in [0.25, 0.3) is 0 Å². The summed E-state index contributed by atoms with van der Waals surface area (Å²) >= 11 is 0. The molecule has 1 fully saturated rings.